The van der Waals surface area contributed by atoms with Gasteiger partial charge in [-0.05, 0) is 51.4 Å². The summed E-state index contributed by atoms with van der Waals surface area (Å²) in [6.45, 7) is 6.67. The molecule has 466 valence electrons. The van der Waals surface area contributed by atoms with E-state index in [1.54, 1.807) is 0 Å². The van der Waals surface area contributed by atoms with Crippen LogP contribution in [0.2, 0.25) is 0 Å². The Morgan fingerprint density at radius 1 is 0.253 bits per heavy atom. The Morgan fingerprint density at radius 3 is 0.696 bits per heavy atom. The first-order valence-corrected chi connectivity index (χ1v) is 35.8. The first-order chi connectivity index (χ1) is 39.0. The number of carbonyl (C=O) groups is 3. The van der Waals surface area contributed by atoms with Crippen LogP contribution in [0.4, 0.5) is 0 Å². The van der Waals surface area contributed by atoms with Gasteiger partial charge in [0, 0.05) is 19.3 Å². The van der Waals surface area contributed by atoms with Crippen LogP contribution in [-0.4, -0.2) is 37.2 Å². The first kappa shape index (κ1) is 76.9. The van der Waals surface area contributed by atoms with Crippen molar-refractivity contribution in [2.24, 2.45) is 0 Å². The molecule has 0 heterocycles. The van der Waals surface area contributed by atoms with Crippen molar-refractivity contribution in [2.45, 2.75) is 412 Å². The average Bonchev–Trinajstić information content (AvgIpc) is 3.45. The van der Waals surface area contributed by atoms with Gasteiger partial charge in [-0.1, -0.05) is 360 Å². The highest BCUT2D eigenvalue weighted by molar-refractivity contribution is 5.71. The Morgan fingerprint density at radius 2 is 0.456 bits per heavy atom. The van der Waals surface area contributed by atoms with Crippen LogP contribution in [0, 0.1) is 0 Å². The summed E-state index contributed by atoms with van der Waals surface area (Å²) >= 11 is 0. The van der Waals surface area contributed by atoms with E-state index < -0.39 is 6.10 Å². The molecular weight excluding hydrogens is 973 g/mol. The van der Waals surface area contributed by atoms with Gasteiger partial charge in [0.25, 0.3) is 0 Å². The van der Waals surface area contributed by atoms with Crippen molar-refractivity contribution >= 4 is 17.9 Å². The molecule has 0 aromatic carbocycles. The van der Waals surface area contributed by atoms with Gasteiger partial charge < -0.3 is 14.2 Å². The van der Waals surface area contributed by atoms with E-state index in [1.807, 2.05) is 0 Å². The molecule has 6 nitrogen and oxygen atoms in total. The van der Waals surface area contributed by atoms with Gasteiger partial charge in [-0.2, -0.15) is 0 Å². The van der Waals surface area contributed by atoms with E-state index in [9.17, 15) is 14.4 Å². The number of ether oxygens (including phenoxy) is 3. The molecule has 0 bridgehead atoms. The van der Waals surface area contributed by atoms with E-state index in [0.29, 0.717) is 19.3 Å². The highest BCUT2D eigenvalue weighted by Gasteiger charge is 2.19. The standard InChI is InChI=1S/C73H138O6/c1-4-7-10-13-16-18-20-22-24-26-28-30-32-34-36-38-40-42-44-46-48-50-52-54-57-60-63-66-72(75)78-69-70(68-77-71(74)65-62-59-56-15-12-9-6-3)79-73(76)67-64-61-58-55-53-51-49-47-45-43-41-39-37-35-33-31-29-27-25-23-21-19-17-14-11-8-5-2/h20,22,26,28,70H,4-19,21,23-25,27,29-69H2,1-3H3/b22-20-,28-26-. The molecule has 0 aliphatic rings. The molecule has 0 amide bonds. The number of carbonyl (C=O) groups excluding carboxylic acids is 3. The molecule has 0 aliphatic carbocycles. The van der Waals surface area contributed by atoms with Crippen LogP contribution in [0.5, 0.6) is 0 Å². The summed E-state index contributed by atoms with van der Waals surface area (Å²) in [6.07, 6.45) is 83.9. The van der Waals surface area contributed by atoms with Gasteiger partial charge in [0.2, 0.25) is 0 Å². The van der Waals surface area contributed by atoms with E-state index >= 15 is 0 Å². The van der Waals surface area contributed by atoms with Gasteiger partial charge in [0.15, 0.2) is 6.10 Å². The number of hydrogen-bond donors (Lipinski definition) is 0. The van der Waals surface area contributed by atoms with Crippen LogP contribution in [0.15, 0.2) is 24.3 Å². The van der Waals surface area contributed by atoms with E-state index in [2.05, 4.69) is 45.1 Å². The van der Waals surface area contributed by atoms with E-state index in [1.165, 1.54) is 302 Å². The van der Waals surface area contributed by atoms with Crippen LogP contribution >= 0.6 is 0 Å². The average molecular weight is 1110 g/mol. The molecule has 0 saturated heterocycles. The lowest BCUT2D eigenvalue weighted by Gasteiger charge is -2.18. The molecule has 6 heteroatoms. The fraction of sp³-hybridized carbons (Fsp3) is 0.904. The predicted molar refractivity (Wildman–Crippen MR) is 344 cm³/mol. The third-order valence-electron chi connectivity index (χ3n) is 16.5. The Kier molecular flexibility index (Phi) is 66.6. The van der Waals surface area contributed by atoms with Crippen molar-refractivity contribution in [3.8, 4) is 0 Å². The lowest BCUT2D eigenvalue weighted by molar-refractivity contribution is -0.167. The normalized spacial score (nSPS) is 12.1. The summed E-state index contributed by atoms with van der Waals surface area (Å²) < 4.78 is 16.9. The molecule has 1 unspecified atom stereocenters. The molecule has 0 rings (SSSR count). The number of esters is 3. The SMILES string of the molecule is CCCCCCC/C=C\C/C=C\CCCCCCCCCCCCCCCCCC(=O)OCC(COC(=O)CCCCCCCCC)OC(=O)CCCCCCCCCCCCCCCCCCCCCCCCCCCCC. The topological polar surface area (TPSA) is 78.9 Å². The highest BCUT2D eigenvalue weighted by Crippen LogP contribution is 2.19. The van der Waals surface area contributed by atoms with E-state index in [4.69, 9.17) is 14.2 Å². The number of rotatable bonds is 67. The summed E-state index contributed by atoms with van der Waals surface area (Å²) in [5.74, 6) is -0.842. The molecule has 0 aromatic rings. The summed E-state index contributed by atoms with van der Waals surface area (Å²) in [6, 6.07) is 0. The second-order valence-electron chi connectivity index (χ2n) is 24.5. The van der Waals surface area contributed by atoms with Crippen LogP contribution in [0.3, 0.4) is 0 Å². The van der Waals surface area contributed by atoms with Crippen LogP contribution < -0.4 is 0 Å². The van der Waals surface area contributed by atoms with Crippen molar-refractivity contribution in [2.75, 3.05) is 13.2 Å². The minimum Gasteiger partial charge on any atom is -0.462 e. The zero-order valence-electron chi connectivity index (χ0n) is 53.7. The Labute approximate surface area is 493 Å². The molecule has 1 atom stereocenters. The minimum atomic E-state index is -0.765. The largest absolute Gasteiger partial charge is 0.462 e. The molecule has 0 aromatic heterocycles. The van der Waals surface area contributed by atoms with Crippen molar-refractivity contribution in [3.63, 3.8) is 0 Å². The monoisotopic (exact) mass is 1110 g/mol. The summed E-state index contributed by atoms with van der Waals surface area (Å²) in [7, 11) is 0. The molecule has 79 heavy (non-hydrogen) atoms. The molecule has 0 N–H and O–H groups in total. The maximum atomic E-state index is 12.9. The second kappa shape index (κ2) is 68.4. The number of unbranched alkanes of at least 4 members (excludes halogenated alkanes) is 52. The second-order valence-corrected chi connectivity index (χ2v) is 24.5. The van der Waals surface area contributed by atoms with Crippen LogP contribution in [0.25, 0.3) is 0 Å². The maximum Gasteiger partial charge on any atom is 0.306 e. The Balaban J connectivity index is 4.01. The van der Waals surface area contributed by atoms with E-state index in [0.717, 1.165) is 64.2 Å². The summed E-state index contributed by atoms with van der Waals surface area (Å²) in [5, 5.41) is 0. The number of allylic oxidation sites excluding steroid dienone is 4. The predicted octanol–water partition coefficient (Wildman–Crippen LogP) is 24.6. The van der Waals surface area contributed by atoms with Gasteiger partial charge >= 0.3 is 17.9 Å². The molecule has 0 fully saturated rings. The van der Waals surface area contributed by atoms with Crippen molar-refractivity contribution < 1.29 is 28.6 Å². The van der Waals surface area contributed by atoms with Crippen molar-refractivity contribution in [1.82, 2.24) is 0 Å². The van der Waals surface area contributed by atoms with Crippen LogP contribution in [0.1, 0.15) is 406 Å². The first-order valence-electron chi connectivity index (χ1n) is 35.8. The fourth-order valence-corrected chi connectivity index (χ4v) is 11.1. The van der Waals surface area contributed by atoms with E-state index in [-0.39, 0.29) is 31.1 Å². The van der Waals surface area contributed by atoms with Crippen molar-refractivity contribution in [3.05, 3.63) is 24.3 Å². The lowest BCUT2D eigenvalue weighted by atomic mass is 10.0. The zero-order valence-corrected chi connectivity index (χ0v) is 53.7. The zero-order chi connectivity index (χ0) is 57.1. The quantitative estimate of drug-likeness (QED) is 0.0261. The van der Waals surface area contributed by atoms with Crippen LogP contribution in [-0.2, 0) is 28.6 Å². The summed E-state index contributed by atoms with van der Waals surface area (Å²) in [5.41, 5.74) is 0. The Hall–Kier alpha value is -2.11. The smallest absolute Gasteiger partial charge is 0.306 e. The third-order valence-corrected chi connectivity index (χ3v) is 16.5. The minimum absolute atomic E-state index is 0.0650. The van der Waals surface area contributed by atoms with Gasteiger partial charge in [0.1, 0.15) is 13.2 Å². The van der Waals surface area contributed by atoms with Crippen molar-refractivity contribution in [1.29, 1.82) is 0 Å². The van der Waals surface area contributed by atoms with Gasteiger partial charge in [-0.3, -0.25) is 14.4 Å². The third kappa shape index (κ3) is 66.6. The Bertz CT molecular complexity index is 1270. The molecule has 0 aliphatic heterocycles. The molecular formula is C73H138O6. The lowest BCUT2D eigenvalue weighted by Crippen LogP contribution is -2.30. The fourth-order valence-electron chi connectivity index (χ4n) is 11.1. The molecule has 0 radical (unpaired) electrons. The number of hydrogen-bond acceptors (Lipinski definition) is 6. The van der Waals surface area contributed by atoms with Gasteiger partial charge in [-0.15, -0.1) is 0 Å². The highest BCUT2D eigenvalue weighted by atomic mass is 16.6. The maximum absolute atomic E-state index is 12.9. The molecule has 0 saturated carbocycles. The van der Waals surface area contributed by atoms with Gasteiger partial charge in [-0.25, -0.2) is 0 Å². The van der Waals surface area contributed by atoms with Gasteiger partial charge in [0.05, 0.1) is 0 Å². The summed E-state index contributed by atoms with van der Waals surface area (Å²) in [4.78, 5) is 38.2. The molecule has 0 spiro atoms.